The van der Waals surface area contributed by atoms with Crippen LogP contribution in [0.15, 0.2) is 60.1 Å². The van der Waals surface area contributed by atoms with Crippen molar-refractivity contribution in [3.8, 4) is 0 Å². The zero-order valence-electron chi connectivity index (χ0n) is 17.5. The van der Waals surface area contributed by atoms with Gasteiger partial charge in [0.25, 0.3) is 0 Å². The van der Waals surface area contributed by atoms with Gasteiger partial charge in [0.1, 0.15) is 28.8 Å². The van der Waals surface area contributed by atoms with Gasteiger partial charge >= 0.3 is 0 Å². The molecule has 0 radical (unpaired) electrons. The summed E-state index contributed by atoms with van der Waals surface area (Å²) in [5, 5.41) is 0.793. The van der Waals surface area contributed by atoms with Crippen molar-refractivity contribution in [2.45, 2.75) is 6.54 Å². The van der Waals surface area contributed by atoms with E-state index in [0.29, 0.717) is 37.0 Å². The lowest BCUT2D eigenvalue weighted by Crippen LogP contribution is -2.46. The molecule has 2 aromatic heterocycles. The van der Waals surface area contributed by atoms with E-state index in [4.69, 9.17) is 15.1 Å². The third kappa shape index (κ3) is 4.86. The van der Waals surface area contributed by atoms with Gasteiger partial charge in [-0.05, 0) is 24.3 Å². The van der Waals surface area contributed by atoms with Gasteiger partial charge < -0.3 is 20.0 Å². The molecule has 162 valence electrons. The molecule has 8 heteroatoms. The highest BCUT2D eigenvalue weighted by Crippen LogP contribution is 2.24. The Morgan fingerprint density at radius 2 is 1.81 bits per heavy atom. The van der Waals surface area contributed by atoms with Gasteiger partial charge in [0.2, 0.25) is 5.95 Å². The van der Waals surface area contributed by atoms with E-state index in [-0.39, 0.29) is 5.82 Å². The van der Waals surface area contributed by atoms with Gasteiger partial charge in [-0.25, -0.2) is 4.39 Å². The van der Waals surface area contributed by atoms with Crippen molar-refractivity contribution >= 4 is 28.6 Å². The number of halogens is 1. The van der Waals surface area contributed by atoms with Crippen LogP contribution >= 0.6 is 0 Å². The number of benzene rings is 1. The highest BCUT2D eigenvalue weighted by Gasteiger charge is 2.21. The Morgan fingerprint density at radius 3 is 2.52 bits per heavy atom. The van der Waals surface area contributed by atoms with Gasteiger partial charge in [-0.15, -0.1) is 13.2 Å². The predicted octanol–water partition coefficient (Wildman–Crippen LogP) is 3.44. The van der Waals surface area contributed by atoms with Crippen molar-refractivity contribution in [3.05, 3.63) is 67.2 Å². The molecular weight excluding hydrogens is 395 g/mol. The number of hydrogen-bond donors (Lipinski definition) is 1. The summed E-state index contributed by atoms with van der Waals surface area (Å²) in [6, 6.07) is 8.31. The monoisotopic (exact) mass is 422 g/mol. The smallest absolute Gasteiger partial charge is 0.229 e. The summed E-state index contributed by atoms with van der Waals surface area (Å²) in [7, 11) is 0. The molecule has 0 aliphatic carbocycles. The molecule has 0 bridgehead atoms. The second-order valence-corrected chi connectivity index (χ2v) is 7.59. The molecule has 7 nitrogen and oxygen atoms in total. The highest BCUT2D eigenvalue weighted by atomic mass is 19.1. The number of nitrogen functional groups attached to an aromatic ring is 1. The van der Waals surface area contributed by atoms with Crippen molar-refractivity contribution in [1.82, 2.24) is 14.9 Å². The SMILES string of the molecule is C=CCN(CC=C)c1nc(N)cc(N2CCN(Cc3cc4cc(F)ccc4o3)CC2)n1. The standard InChI is InChI=1S/C23H27FN6O/c1-3-7-30(8-4-2)23-26-21(25)15-22(27-23)29-11-9-28(10-12-29)16-19-14-17-13-18(24)5-6-20(17)31-19/h3-6,13-15H,1-2,7-12,16H2,(H2,25,26,27). The number of aromatic nitrogens is 2. The summed E-state index contributed by atoms with van der Waals surface area (Å²) >= 11 is 0. The van der Waals surface area contributed by atoms with Crippen LogP contribution < -0.4 is 15.5 Å². The topological polar surface area (TPSA) is 74.7 Å². The van der Waals surface area contributed by atoms with E-state index in [9.17, 15) is 4.39 Å². The molecule has 2 N–H and O–H groups in total. The van der Waals surface area contributed by atoms with Crippen LogP contribution in [0.3, 0.4) is 0 Å². The number of rotatable bonds is 8. The lowest BCUT2D eigenvalue weighted by atomic mass is 10.2. The lowest BCUT2D eigenvalue weighted by Gasteiger charge is -2.35. The molecule has 3 aromatic rings. The zero-order valence-corrected chi connectivity index (χ0v) is 17.5. The summed E-state index contributed by atoms with van der Waals surface area (Å²) in [5.74, 6) is 2.42. The van der Waals surface area contributed by atoms with Crippen LogP contribution in [0.1, 0.15) is 5.76 Å². The van der Waals surface area contributed by atoms with Crippen molar-refractivity contribution in [2.75, 3.05) is 54.8 Å². The van der Waals surface area contributed by atoms with Crippen LogP contribution in [0, 0.1) is 5.82 Å². The van der Waals surface area contributed by atoms with E-state index in [1.165, 1.54) is 12.1 Å². The largest absolute Gasteiger partial charge is 0.460 e. The molecule has 0 amide bonds. The predicted molar refractivity (Wildman–Crippen MR) is 123 cm³/mol. The zero-order chi connectivity index (χ0) is 21.8. The van der Waals surface area contributed by atoms with Crippen molar-refractivity contribution in [3.63, 3.8) is 0 Å². The molecule has 1 saturated heterocycles. The minimum absolute atomic E-state index is 0.253. The lowest BCUT2D eigenvalue weighted by molar-refractivity contribution is 0.232. The fourth-order valence-electron chi connectivity index (χ4n) is 3.80. The summed E-state index contributed by atoms with van der Waals surface area (Å²) in [5.41, 5.74) is 6.78. The average molecular weight is 423 g/mol. The third-order valence-electron chi connectivity index (χ3n) is 5.31. The number of nitrogens with two attached hydrogens (primary N) is 1. The van der Waals surface area contributed by atoms with Crippen molar-refractivity contribution in [2.24, 2.45) is 0 Å². The molecule has 0 atom stereocenters. The minimum Gasteiger partial charge on any atom is -0.460 e. The highest BCUT2D eigenvalue weighted by molar-refractivity contribution is 5.77. The molecule has 1 aromatic carbocycles. The number of furan rings is 1. The third-order valence-corrected chi connectivity index (χ3v) is 5.31. The molecule has 1 aliphatic heterocycles. The number of fused-ring (bicyclic) bond motifs is 1. The normalized spacial score (nSPS) is 14.7. The van der Waals surface area contributed by atoms with Crippen LogP contribution in [0.4, 0.5) is 22.0 Å². The first-order valence-corrected chi connectivity index (χ1v) is 10.3. The number of anilines is 3. The number of hydrogen-bond acceptors (Lipinski definition) is 7. The summed E-state index contributed by atoms with van der Waals surface area (Å²) < 4.78 is 19.3. The van der Waals surface area contributed by atoms with E-state index in [1.807, 2.05) is 17.0 Å². The Hall–Kier alpha value is -3.39. The van der Waals surface area contributed by atoms with Gasteiger partial charge in [0.05, 0.1) is 6.54 Å². The first kappa shape index (κ1) is 20.9. The quantitative estimate of drug-likeness (QED) is 0.557. The molecule has 3 heterocycles. The summed E-state index contributed by atoms with van der Waals surface area (Å²) in [6.07, 6.45) is 3.61. The number of piperazine rings is 1. The summed E-state index contributed by atoms with van der Waals surface area (Å²) in [6.45, 7) is 12.9. The number of nitrogens with zero attached hydrogens (tertiary/aromatic N) is 5. The molecular formula is C23H27FN6O. The van der Waals surface area contributed by atoms with Crippen LogP contribution in [0.2, 0.25) is 0 Å². The molecule has 1 fully saturated rings. The molecule has 0 saturated carbocycles. The Balaban J connectivity index is 1.42. The van der Waals surface area contributed by atoms with Gasteiger partial charge in [0, 0.05) is 50.7 Å². The molecule has 4 rings (SSSR count). The van der Waals surface area contributed by atoms with Gasteiger partial charge in [-0.2, -0.15) is 9.97 Å². The van der Waals surface area contributed by atoms with Crippen LogP contribution in [-0.2, 0) is 6.54 Å². The fourth-order valence-corrected chi connectivity index (χ4v) is 3.80. The molecule has 31 heavy (non-hydrogen) atoms. The van der Waals surface area contributed by atoms with Crippen LogP contribution in [-0.4, -0.2) is 54.1 Å². The van der Waals surface area contributed by atoms with E-state index < -0.39 is 0 Å². The van der Waals surface area contributed by atoms with Gasteiger partial charge in [-0.3, -0.25) is 4.90 Å². The van der Waals surface area contributed by atoms with E-state index in [2.05, 4.69) is 27.9 Å². The van der Waals surface area contributed by atoms with E-state index >= 15 is 0 Å². The molecule has 0 unspecified atom stereocenters. The Labute approximate surface area is 181 Å². The maximum absolute atomic E-state index is 13.4. The first-order valence-electron chi connectivity index (χ1n) is 10.3. The minimum atomic E-state index is -0.253. The maximum Gasteiger partial charge on any atom is 0.229 e. The van der Waals surface area contributed by atoms with Gasteiger partial charge in [-0.1, -0.05) is 12.2 Å². The fraction of sp³-hybridized carbons (Fsp3) is 0.304. The molecule has 1 aliphatic rings. The van der Waals surface area contributed by atoms with Crippen LogP contribution in [0.25, 0.3) is 11.0 Å². The average Bonchev–Trinajstić information content (AvgIpc) is 3.15. The van der Waals surface area contributed by atoms with Crippen molar-refractivity contribution in [1.29, 1.82) is 0 Å². The van der Waals surface area contributed by atoms with Crippen LogP contribution in [0.5, 0.6) is 0 Å². The Morgan fingerprint density at radius 1 is 1.06 bits per heavy atom. The molecule has 0 spiro atoms. The Kier molecular flexibility index (Phi) is 6.18. The Bertz CT molecular complexity index is 1060. The van der Waals surface area contributed by atoms with Crippen molar-refractivity contribution < 1.29 is 8.81 Å². The maximum atomic E-state index is 13.4. The second kappa shape index (κ2) is 9.18. The van der Waals surface area contributed by atoms with E-state index in [0.717, 1.165) is 43.1 Å². The van der Waals surface area contributed by atoms with Gasteiger partial charge in [0.15, 0.2) is 0 Å². The van der Waals surface area contributed by atoms with E-state index in [1.54, 1.807) is 18.2 Å². The summed E-state index contributed by atoms with van der Waals surface area (Å²) in [4.78, 5) is 15.6. The second-order valence-electron chi connectivity index (χ2n) is 7.59. The first-order chi connectivity index (χ1) is 15.1.